The van der Waals surface area contributed by atoms with Crippen molar-refractivity contribution in [3.8, 4) is 11.5 Å². The summed E-state index contributed by atoms with van der Waals surface area (Å²) in [6.45, 7) is 2.22. The number of anilines is 2. The van der Waals surface area contributed by atoms with Crippen LogP contribution >= 0.6 is 11.6 Å². The molecule has 0 spiro atoms. The highest BCUT2D eigenvalue weighted by molar-refractivity contribution is 6.32. The van der Waals surface area contributed by atoms with Gasteiger partial charge in [0, 0.05) is 18.4 Å². The zero-order valence-electron chi connectivity index (χ0n) is 18.0. The number of ether oxygens (including phenoxy) is 2. The number of pyridine rings is 1. The van der Waals surface area contributed by atoms with Crippen molar-refractivity contribution in [1.29, 1.82) is 0 Å². The molecule has 2 aromatic heterocycles. The van der Waals surface area contributed by atoms with Crippen molar-refractivity contribution in [2.45, 2.75) is 25.6 Å². The number of hydrogen-bond donors (Lipinski definition) is 2. The third kappa shape index (κ3) is 5.16. The zero-order chi connectivity index (χ0) is 22.5. The lowest BCUT2D eigenvalue weighted by atomic mass is 10.1. The van der Waals surface area contributed by atoms with Gasteiger partial charge in [-0.15, -0.1) is 0 Å². The van der Waals surface area contributed by atoms with E-state index in [4.69, 9.17) is 21.1 Å². The first-order valence-electron chi connectivity index (χ1n) is 11.0. The molecule has 7 nitrogen and oxygen atoms in total. The van der Waals surface area contributed by atoms with Crippen LogP contribution in [0.3, 0.4) is 0 Å². The third-order valence-electron chi connectivity index (χ3n) is 5.47. The van der Waals surface area contributed by atoms with Crippen molar-refractivity contribution in [3.63, 3.8) is 0 Å². The predicted molar refractivity (Wildman–Crippen MR) is 129 cm³/mol. The lowest BCUT2D eigenvalue weighted by Gasteiger charge is -2.24. The molecule has 2 aromatic carbocycles. The molecule has 8 heteroatoms. The van der Waals surface area contributed by atoms with Gasteiger partial charge in [-0.05, 0) is 61.9 Å². The number of aromatic nitrogens is 3. The number of rotatable bonds is 7. The van der Waals surface area contributed by atoms with E-state index in [1.807, 2.05) is 54.6 Å². The lowest BCUT2D eigenvalue weighted by Crippen LogP contribution is -2.37. The molecule has 33 heavy (non-hydrogen) atoms. The van der Waals surface area contributed by atoms with Gasteiger partial charge in [0.25, 0.3) is 0 Å². The van der Waals surface area contributed by atoms with Gasteiger partial charge in [-0.25, -0.2) is 9.97 Å². The van der Waals surface area contributed by atoms with Crippen molar-refractivity contribution in [3.05, 3.63) is 77.8 Å². The fourth-order valence-electron chi connectivity index (χ4n) is 3.84. The van der Waals surface area contributed by atoms with E-state index in [1.165, 1.54) is 0 Å². The van der Waals surface area contributed by atoms with E-state index in [-0.39, 0.29) is 6.10 Å². The van der Waals surface area contributed by atoms with E-state index >= 15 is 0 Å². The van der Waals surface area contributed by atoms with Crippen molar-refractivity contribution in [2.75, 3.05) is 18.4 Å². The molecule has 0 unspecified atom stereocenters. The summed E-state index contributed by atoms with van der Waals surface area (Å²) in [5.74, 6) is 2.03. The molecule has 0 aliphatic carbocycles. The first kappa shape index (κ1) is 21.4. The summed E-state index contributed by atoms with van der Waals surface area (Å²) in [4.78, 5) is 13.2. The summed E-state index contributed by atoms with van der Waals surface area (Å²) < 4.78 is 12.2. The molecule has 0 amide bonds. The highest BCUT2D eigenvalue weighted by atomic mass is 35.5. The minimum atomic E-state index is 0.127. The fourth-order valence-corrected chi connectivity index (χ4v) is 4.07. The normalized spacial score (nSPS) is 15.8. The van der Waals surface area contributed by atoms with E-state index < -0.39 is 0 Å². The molecular formula is C25H24ClN5O2. The van der Waals surface area contributed by atoms with Gasteiger partial charge in [0.1, 0.15) is 36.4 Å². The van der Waals surface area contributed by atoms with Crippen LogP contribution in [0.5, 0.6) is 11.5 Å². The van der Waals surface area contributed by atoms with Crippen LogP contribution in [0.25, 0.3) is 10.9 Å². The first-order valence-corrected chi connectivity index (χ1v) is 11.3. The molecule has 168 valence electrons. The second kappa shape index (κ2) is 10.0. The van der Waals surface area contributed by atoms with Gasteiger partial charge in [0.2, 0.25) is 0 Å². The van der Waals surface area contributed by atoms with Gasteiger partial charge in [0.05, 0.1) is 21.6 Å². The average molecular weight is 462 g/mol. The number of piperidine rings is 1. The number of halogens is 1. The van der Waals surface area contributed by atoms with Gasteiger partial charge >= 0.3 is 0 Å². The zero-order valence-corrected chi connectivity index (χ0v) is 18.8. The van der Waals surface area contributed by atoms with Crippen molar-refractivity contribution < 1.29 is 9.47 Å². The molecule has 4 aromatic rings. The van der Waals surface area contributed by atoms with Crippen LogP contribution in [0.2, 0.25) is 5.02 Å². The van der Waals surface area contributed by atoms with Crippen molar-refractivity contribution in [2.24, 2.45) is 0 Å². The Balaban J connectivity index is 1.36. The maximum atomic E-state index is 6.49. The third-order valence-corrected chi connectivity index (χ3v) is 5.76. The Kier molecular flexibility index (Phi) is 6.51. The molecule has 3 heterocycles. The molecule has 0 bridgehead atoms. The Labute approximate surface area is 197 Å². The molecule has 1 aliphatic rings. The number of fused-ring (bicyclic) bond motifs is 1. The maximum absolute atomic E-state index is 6.49. The van der Waals surface area contributed by atoms with Crippen LogP contribution in [0.15, 0.2) is 67.1 Å². The van der Waals surface area contributed by atoms with E-state index in [0.717, 1.165) is 54.0 Å². The van der Waals surface area contributed by atoms with Crippen molar-refractivity contribution >= 4 is 34.0 Å². The fraction of sp³-hybridized carbons (Fsp3) is 0.240. The molecule has 1 saturated heterocycles. The van der Waals surface area contributed by atoms with E-state index in [0.29, 0.717) is 23.2 Å². The second-order valence-corrected chi connectivity index (χ2v) is 8.25. The quantitative estimate of drug-likeness (QED) is 0.394. The van der Waals surface area contributed by atoms with E-state index in [9.17, 15) is 0 Å². The molecule has 1 atom stereocenters. The number of benzene rings is 2. The van der Waals surface area contributed by atoms with Gasteiger partial charge in [-0.1, -0.05) is 23.7 Å². The number of hydrogen-bond acceptors (Lipinski definition) is 7. The Morgan fingerprint density at radius 3 is 2.82 bits per heavy atom. The summed E-state index contributed by atoms with van der Waals surface area (Å²) in [6, 6.07) is 17.1. The van der Waals surface area contributed by atoms with Gasteiger partial charge in [0.15, 0.2) is 0 Å². The van der Waals surface area contributed by atoms with E-state index in [2.05, 4.69) is 25.6 Å². The SMILES string of the molecule is Clc1cc(Nc2ncnc3cccc(O[C@@H]4CCCNC4)c23)ccc1OCc1ccccn1. The standard InChI is InChI=1S/C25H24ClN5O2/c26-20-13-17(9-10-22(20)32-15-18-5-1-2-12-28-18)31-25-24-21(29-16-30-25)7-3-8-23(24)33-19-6-4-11-27-14-19/h1-3,5,7-10,12-13,16,19,27H,4,6,11,14-15H2,(H,29,30,31)/t19-/m1/s1. The topological polar surface area (TPSA) is 81.2 Å². The van der Waals surface area contributed by atoms with Crippen molar-refractivity contribution in [1.82, 2.24) is 20.3 Å². The summed E-state index contributed by atoms with van der Waals surface area (Å²) in [5, 5.41) is 8.10. The van der Waals surface area contributed by atoms with E-state index in [1.54, 1.807) is 12.5 Å². The highest BCUT2D eigenvalue weighted by Gasteiger charge is 2.18. The smallest absolute Gasteiger partial charge is 0.145 e. The Morgan fingerprint density at radius 2 is 2.00 bits per heavy atom. The van der Waals surface area contributed by atoms with Crippen LogP contribution in [0.1, 0.15) is 18.5 Å². The summed E-state index contributed by atoms with van der Waals surface area (Å²) >= 11 is 6.49. The summed E-state index contributed by atoms with van der Waals surface area (Å²) in [5.41, 5.74) is 2.44. The lowest BCUT2D eigenvalue weighted by molar-refractivity contribution is 0.169. The predicted octanol–water partition coefficient (Wildman–Crippen LogP) is 5.13. The Hall–Kier alpha value is -3.42. The minimum absolute atomic E-state index is 0.127. The molecule has 5 rings (SSSR count). The van der Waals surface area contributed by atoms with Gasteiger partial charge in [-0.2, -0.15) is 0 Å². The molecule has 0 saturated carbocycles. The van der Waals surface area contributed by atoms with Crippen LogP contribution in [-0.2, 0) is 6.61 Å². The average Bonchev–Trinajstić information content (AvgIpc) is 2.85. The molecule has 2 N–H and O–H groups in total. The monoisotopic (exact) mass is 461 g/mol. The second-order valence-electron chi connectivity index (χ2n) is 7.84. The minimum Gasteiger partial charge on any atom is -0.488 e. The molecule has 1 aliphatic heterocycles. The van der Waals surface area contributed by atoms with Crippen LogP contribution in [0, 0.1) is 0 Å². The van der Waals surface area contributed by atoms with Crippen LogP contribution in [-0.4, -0.2) is 34.1 Å². The largest absolute Gasteiger partial charge is 0.488 e. The number of nitrogens with zero attached hydrogens (tertiary/aromatic N) is 3. The molecule has 1 fully saturated rings. The van der Waals surface area contributed by atoms with Gasteiger partial charge in [-0.3, -0.25) is 4.98 Å². The van der Waals surface area contributed by atoms with Crippen LogP contribution in [0.4, 0.5) is 11.5 Å². The van der Waals surface area contributed by atoms with Gasteiger partial charge < -0.3 is 20.1 Å². The summed E-state index contributed by atoms with van der Waals surface area (Å²) in [7, 11) is 0. The number of nitrogens with one attached hydrogen (secondary N) is 2. The summed E-state index contributed by atoms with van der Waals surface area (Å²) in [6.07, 6.45) is 5.53. The Morgan fingerprint density at radius 1 is 1.03 bits per heavy atom. The Bertz CT molecular complexity index is 1230. The first-order chi connectivity index (χ1) is 16.3. The highest BCUT2D eigenvalue weighted by Crippen LogP contribution is 2.34. The van der Waals surface area contributed by atoms with Crippen LogP contribution < -0.4 is 20.1 Å². The molecular weight excluding hydrogens is 438 g/mol. The molecule has 0 radical (unpaired) electrons. The maximum Gasteiger partial charge on any atom is 0.145 e.